The van der Waals surface area contributed by atoms with Crippen molar-refractivity contribution in [1.29, 1.82) is 0 Å². The van der Waals surface area contributed by atoms with Crippen LogP contribution >= 0.6 is 0 Å². The minimum absolute atomic E-state index is 0.0142. The van der Waals surface area contributed by atoms with Gasteiger partial charge in [-0.1, -0.05) is 96.1 Å². The lowest BCUT2D eigenvalue weighted by molar-refractivity contribution is -0.0203. The molecule has 7 rings (SSSR count). The van der Waals surface area contributed by atoms with E-state index in [1.165, 1.54) is 19.2 Å². The van der Waals surface area contributed by atoms with E-state index >= 15 is 0 Å². The van der Waals surface area contributed by atoms with E-state index in [1.807, 2.05) is 45.0 Å². The second-order valence-electron chi connectivity index (χ2n) is 14.6. The normalized spacial score (nSPS) is 17.9. The number of carbonyl (C=O) groups is 4. The summed E-state index contributed by atoms with van der Waals surface area (Å²) in [5.74, 6) is -4.47. The number of carbonyl (C=O) groups excluding carboxylic acids is 4. The summed E-state index contributed by atoms with van der Waals surface area (Å²) in [6.45, 7) is 12.3. The zero-order chi connectivity index (χ0) is 35.7. The Kier molecular flexibility index (Phi) is 7.44. The zero-order valence-electron chi connectivity index (χ0n) is 28.9. The van der Waals surface area contributed by atoms with E-state index in [4.69, 9.17) is 19.2 Å². The van der Waals surface area contributed by atoms with Gasteiger partial charge in [-0.15, -0.1) is 0 Å². The molecule has 0 saturated carbocycles. The van der Waals surface area contributed by atoms with Crippen molar-refractivity contribution in [3.63, 3.8) is 0 Å². The monoisotopic (exact) mass is 668 g/mol. The second kappa shape index (κ2) is 11.4. The maximum absolute atomic E-state index is 15.0. The van der Waals surface area contributed by atoms with Crippen LogP contribution < -0.4 is 14.8 Å². The molecular formula is C41H36N2O7. The molecule has 1 unspecified atom stereocenters. The Balaban J connectivity index is 1.57. The number of ether oxygens (including phenoxy) is 3. The van der Waals surface area contributed by atoms with Gasteiger partial charge in [-0.3, -0.25) is 14.4 Å². The van der Waals surface area contributed by atoms with Crippen molar-refractivity contribution in [1.82, 2.24) is 0 Å². The average molecular weight is 669 g/mol. The molecule has 0 saturated heterocycles. The van der Waals surface area contributed by atoms with Crippen LogP contribution in [-0.2, 0) is 15.6 Å². The number of esters is 1. The Labute approximate surface area is 290 Å². The molecule has 1 N–H and O–H groups in total. The largest absolute Gasteiger partial charge is 0.465 e. The number of aliphatic imine (C=N–C) groups is 1. The molecule has 0 fully saturated rings. The van der Waals surface area contributed by atoms with Crippen LogP contribution in [0.4, 0.5) is 11.4 Å². The molecule has 4 aromatic rings. The van der Waals surface area contributed by atoms with Gasteiger partial charge < -0.3 is 19.5 Å². The highest BCUT2D eigenvalue weighted by Crippen LogP contribution is 2.49. The Morgan fingerprint density at radius 3 is 1.92 bits per heavy atom. The SMILES string of the molecule is COC(=O)c1ccccc1C(=O)C1=Nc2cc(C(C)(C)C)ccc2OC12Oc1ccc(C(C)(C)C)cc1NC1=C2C(=O)c2ccccc2C1=O. The van der Waals surface area contributed by atoms with Gasteiger partial charge in [0.1, 0.15) is 22.7 Å². The van der Waals surface area contributed by atoms with Gasteiger partial charge >= 0.3 is 11.8 Å². The van der Waals surface area contributed by atoms with E-state index in [9.17, 15) is 19.2 Å². The van der Waals surface area contributed by atoms with Crippen molar-refractivity contribution in [2.75, 3.05) is 12.4 Å². The van der Waals surface area contributed by atoms with Crippen molar-refractivity contribution in [2.45, 2.75) is 58.2 Å². The van der Waals surface area contributed by atoms with E-state index in [1.54, 1.807) is 48.5 Å². The summed E-state index contributed by atoms with van der Waals surface area (Å²) in [6.07, 6.45) is 0. The third-order valence-electron chi connectivity index (χ3n) is 9.22. The fraction of sp³-hybridized carbons (Fsp3) is 0.244. The molecule has 2 aliphatic heterocycles. The summed E-state index contributed by atoms with van der Waals surface area (Å²) in [5.41, 5.74) is 1.61. The molecule has 0 bridgehead atoms. The summed E-state index contributed by atoms with van der Waals surface area (Å²) in [6, 6.07) is 23.5. The molecule has 4 aromatic carbocycles. The standard InChI is InChI=1S/C41H36N2O7/c1-39(2,3)22-16-18-30-28(20-22)42-33-32(34(44)24-12-8-9-13-25(24)35(33)45)41(49-30)37(36(46)26-14-10-11-15-27(26)38(47)48-7)43-29-21-23(40(4,5)6)17-19-31(29)50-41/h8-21,42H,1-7H3. The number of ketones is 3. The highest BCUT2D eigenvalue weighted by atomic mass is 16.7. The van der Waals surface area contributed by atoms with E-state index in [-0.39, 0.29) is 61.6 Å². The maximum Gasteiger partial charge on any atom is 0.338 e. The van der Waals surface area contributed by atoms with Crippen LogP contribution in [0, 0.1) is 0 Å². The molecule has 1 atom stereocenters. The number of benzene rings is 4. The Hall–Kier alpha value is -5.83. The van der Waals surface area contributed by atoms with Crippen LogP contribution in [0.3, 0.4) is 0 Å². The molecule has 3 aliphatic rings. The van der Waals surface area contributed by atoms with Gasteiger partial charge in [-0.25, -0.2) is 9.79 Å². The van der Waals surface area contributed by atoms with Crippen molar-refractivity contribution in [3.8, 4) is 11.5 Å². The van der Waals surface area contributed by atoms with Gasteiger partial charge in [-0.2, -0.15) is 0 Å². The number of Topliss-reactive ketones (excluding diaryl/α,β-unsaturated/α-hetero) is 3. The van der Waals surface area contributed by atoms with Crippen molar-refractivity contribution >= 4 is 40.4 Å². The maximum atomic E-state index is 15.0. The quantitative estimate of drug-likeness (QED) is 0.173. The molecule has 1 aliphatic carbocycles. The summed E-state index contributed by atoms with van der Waals surface area (Å²) >= 11 is 0. The molecule has 1 spiro atoms. The summed E-state index contributed by atoms with van der Waals surface area (Å²) in [7, 11) is 1.22. The molecule has 2 heterocycles. The van der Waals surface area contributed by atoms with Gasteiger partial charge in [0, 0.05) is 16.7 Å². The number of allylic oxidation sites excluding steroid dienone is 1. The zero-order valence-corrected chi connectivity index (χ0v) is 28.9. The number of hydrogen-bond acceptors (Lipinski definition) is 9. The second-order valence-corrected chi connectivity index (χ2v) is 14.6. The molecule has 50 heavy (non-hydrogen) atoms. The molecule has 9 heteroatoms. The topological polar surface area (TPSA) is 120 Å². The Bertz CT molecular complexity index is 2230. The van der Waals surface area contributed by atoms with Gasteiger partial charge in [-0.05, 0) is 52.3 Å². The highest BCUT2D eigenvalue weighted by molar-refractivity contribution is 6.52. The van der Waals surface area contributed by atoms with Gasteiger partial charge in [0.2, 0.25) is 11.6 Å². The van der Waals surface area contributed by atoms with Crippen LogP contribution in [0.25, 0.3) is 0 Å². The van der Waals surface area contributed by atoms with Gasteiger partial charge in [0.25, 0.3) is 0 Å². The van der Waals surface area contributed by atoms with Crippen LogP contribution in [0.5, 0.6) is 11.5 Å². The van der Waals surface area contributed by atoms with Crippen LogP contribution in [-0.4, -0.2) is 41.9 Å². The fourth-order valence-electron chi connectivity index (χ4n) is 6.42. The minimum atomic E-state index is -2.37. The van der Waals surface area contributed by atoms with E-state index in [0.29, 0.717) is 11.4 Å². The molecule has 0 aromatic heterocycles. The van der Waals surface area contributed by atoms with Crippen molar-refractivity contribution in [2.24, 2.45) is 4.99 Å². The van der Waals surface area contributed by atoms with Crippen molar-refractivity contribution in [3.05, 3.63) is 130 Å². The predicted molar refractivity (Wildman–Crippen MR) is 189 cm³/mol. The third kappa shape index (κ3) is 5.12. The Morgan fingerprint density at radius 1 is 0.720 bits per heavy atom. The molecule has 0 radical (unpaired) electrons. The smallest absolute Gasteiger partial charge is 0.338 e. The number of nitrogens with one attached hydrogen (secondary N) is 1. The molecule has 9 nitrogen and oxygen atoms in total. The van der Waals surface area contributed by atoms with E-state index in [0.717, 1.165) is 11.1 Å². The lowest BCUT2D eigenvalue weighted by atomic mass is 9.79. The summed E-state index contributed by atoms with van der Waals surface area (Å²) < 4.78 is 18.6. The third-order valence-corrected chi connectivity index (χ3v) is 9.22. The highest BCUT2D eigenvalue weighted by Gasteiger charge is 2.59. The first-order chi connectivity index (χ1) is 23.6. The summed E-state index contributed by atoms with van der Waals surface area (Å²) in [5, 5.41) is 3.22. The van der Waals surface area contributed by atoms with Crippen molar-refractivity contribution < 1.29 is 33.4 Å². The van der Waals surface area contributed by atoms with Gasteiger partial charge in [0.15, 0.2) is 17.2 Å². The molecule has 0 amide bonds. The Morgan fingerprint density at radius 2 is 1.28 bits per heavy atom. The van der Waals surface area contributed by atoms with Crippen LogP contribution in [0.1, 0.15) is 94.1 Å². The number of hydrogen-bond donors (Lipinski definition) is 1. The van der Waals surface area contributed by atoms with Crippen LogP contribution in [0.2, 0.25) is 0 Å². The van der Waals surface area contributed by atoms with Gasteiger partial charge in [0.05, 0.1) is 18.4 Å². The lowest BCUT2D eigenvalue weighted by Gasteiger charge is -2.39. The average Bonchev–Trinajstić information content (AvgIpc) is 3.23. The molecule has 252 valence electrons. The first-order valence-corrected chi connectivity index (χ1v) is 16.3. The number of methoxy groups -OCH3 is 1. The molecular weight excluding hydrogens is 632 g/mol. The lowest BCUT2D eigenvalue weighted by Crippen LogP contribution is -2.58. The first-order valence-electron chi connectivity index (χ1n) is 16.3. The summed E-state index contributed by atoms with van der Waals surface area (Å²) in [4.78, 5) is 62.0. The number of rotatable bonds is 3. The van der Waals surface area contributed by atoms with Crippen LogP contribution in [0.15, 0.2) is 101 Å². The number of fused-ring (bicyclic) bond motifs is 4. The number of anilines is 1. The fourth-order valence-corrected chi connectivity index (χ4v) is 6.42. The predicted octanol–water partition coefficient (Wildman–Crippen LogP) is 7.95. The van der Waals surface area contributed by atoms with E-state index in [2.05, 4.69) is 26.1 Å². The number of nitrogens with zero attached hydrogens (tertiary/aromatic N) is 1. The van der Waals surface area contributed by atoms with E-state index < -0.39 is 29.1 Å². The minimum Gasteiger partial charge on any atom is -0.465 e. The first kappa shape index (κ1) is 32.7.